The van der Waals surface area contributed by atoms with Crippen molar-refractivity contribution in [3.05, 3.63) is 170 Å². The van der Waals surface area contributed by atoms with Crippen molar-refractivity contribution in [2.75, 3.05) is 26.4 Å². The quantitative estimate of drug-likeness (QED) is 0.0264. The van der Waals surface area contributed by atoms with Gasteiger partial charge >= 0.3 is 19.8 Å². The molecule has 516 valence electrons. The highest BCUT2D eigenvalue weighted by atomic mass is 31.2. The number of phosphoric acid groups is 1. The van der Waals surface area contributed by atoms with E-state index in [9.17, 15) is 19.0 Å². The monoisotopic (exact) mass is 1280 g/mol. The van der Waals surface area contributed by atoms with E-state index in [0.717, 1.165) is 141 Å². The van der Waals surface area contributed by atoms with Gasteiger partial charge in [-0.1, -0.05) is 325 Å². The number of phosphoric ester groups is 1. The summed E-state index contributed by atoms with van der Waals surface area (Å²) in [5.41, 5.74) is 5.41. The number of allylic oxidation sites excluding steroid dienone is 28. The third kappa shape index (κ3) is 74.3. The van der Waals surface area contributed by atoms with Crippen LogP contribution in [0, 0.1) is 0 Å². The maximum absolute atomic E-state index is 12.8. The molecule has 0 saturated heterocycles. The number of ether oxygens (including phenoxy) is 2. The third-order valence-electron chi connectivity index (χ3n) is 15.1. The highest BCUT2D eigenvalue weighted by Gasteiger charge is 2.26. The molecule has 0 amide bonds. The molecule has 0 aromatic carbocycles. The zero-order valence-electron chi connectivity index (χ0n) is 58.0. The molecule has 91 heavy (non-hydrogen) atoms. The second-order valence-corrected chi connectivity index (χ2v) is 25.1. The van der Waals surface area contributed by atoms with E-state index in [-0.39, 0.29) is 38.6 Å². The van der Waals surface area contributed by atoms with Crippen LogP contribution in [0.25, 0.3) is 0 Å². The third-order valence-corrected chi connectivity index (χ3v) is 16.1. The Kier molecular flexibility index (Phi) is 70.6. The summed E-state index contributed by atoms with van der Waals surface area (Å²) in [7, 11) is -4.41. The minimum Gasteiger partial charge on any atom is -0.462 e. The highest BCUT2D eigenvalue weighted by Crippen LogP contribution is 2.43. The highest BCUT2D eigenvalue weighted by molar-refractivity contribution is 7.47. The van der Waals surface area contributed by atoms with E-state index in [1.54, 1.807) is 0 Å². The van der Waals surface area contributed by atoms with Crippen molar-refractivity contribution in [2.45, 2.75) is 302 Å². The summed E-state index contributed by atoms with van der Waals surface area (Å²) in [5, 5.41) is 0. The molecule has 9 nitrogen and oxygen atoms in total. The normalized spacial score (nSPS) is 13.9. The maximum atomic E-state index is 12.8. The summed E-state index contributed by atoms with van der Waals surface area (Å²) in [6, 6.07) is 0. The molecule has 0 radical (unpaired) electrons. The van der Waals surface area contributed by atoms with Gasteiger partial charge in [-0.05, 0) is 128 Å². The summed E-state index contributed by atoms with van der Waals surface area (Å²) in [6.45, 7) is 3.52. The van der Waals surface area contributed by atoms with E-state index in [0.29, 0.717) is 6.42 Å². The second kappa shape index (κ2) is 74.4. The second-order valence-electron chi connectivity index (χ2n) is 23.7. The van der Waals surface area contributed by atoms with Gasteiger partial charge in [0.25, 0.3) is 0 Å². The average molecular weight is 1280 g/mol. The Balaban J connectivity index is 3.91. The molecule has 10 heteroatoms. The first kappa shape index (κ1) is 86.4. The molecule has 3 N–H and O–H groups in total. The summed E-state index contributed by atoms with van der Waals surface area (Å²) >= 11 is 0. The minimum absolute atomic E-state index is 0.0460. The van der Waals surface area contributed by atoms with Gasteiger partial charge in [-0.2, -0.15) is 0 Å². The van der Waals surface area contributed by atoms with Gasteiger partial charge < -0.3 is 20.1 Å². The standard InChI is InChI=1S/C81H134NO8P/c1-3-5-7-9-11-13-15-17-19-21-23-25-27-29-31-33-35-36-37-38-39-40-41-42-44-46-48-50-52-54-56-58-60-62-64-66-68-70-72-74-81(84)90-79(78-89-91(85,86)88-76-75-82)77-87-80(83)73-71-69-67-65-63-61-59-57-55-53-51-49-47-45-43-34-32-30-28-26-24-22-20-18-16-14-12-10-8-6-4-2/h5-8,11-14,17-20,23-26,29-32,35-36,38-39,43,45,49,51,79H,3-4,9-10,15-16,21-22,27-28,33-34,37,40-42,44,46-48,50,52-78,82H2,1-2H3,(H,85,86)/b7-5-,8-6-,13-11-,14-12-,19-17-,20-18-,25-23-,26-24-,31-29-,32-30-,36-35-,39-38-,45-43-,51-49-. The van der Waals surface area contributed by atoms with Crippen molar-refractivity contribution in [3.63, 3.8) is 0 Å². The molecule has 0 heterocycles. The van der Waals surface area contributed by atoms with E-state index >= 15 is 0 Å². The Morgan fingerprint density at radius 2 is 0.571 bits per heavy atom. The number of unbranched alkanes of at least 4 members (excludes halogenated alkanes) is 26. The number of esters is 2. The molecule has 0 aliphatic rings. The first-order chi connectivity index (χ1) is 44.8. The lowest BCUT2D eigenvalue weighted by atomic mass is 10.0. The molecule has 2 unspecified atom stereocenters. The first-order valence-corrected chi connectivity index (χ1v) is 38.1. The van der Waals surface area contributed by atoms with Crippen molar-refractivity contribution in [3.8, 4) is 0 Å². The first-order valence-electron chi connectivity index (χ1n) is 36.6. The van der Waals surface area contributed by atoms with Gasteiger partial charge in [0.1, 0.15) is 6.61 Å². The van der Waals surface area contributed by atoms with Crippen LogP contribution >= 0.6 is 7.82 Å². The van der Waals surface area contributed by atoms with Crippen LogP contribution < -0.4 is 5.73 Å². The molecule has 0 bridgehead atoms. The molecular weight excluding hydrogens is 1150 g/mol. The van der Waals surface area contributed by atoms with Gasteiger partial charge in [-0.3, -0.25) is 18.6 Å². The largest absolute Gasteiger partial charge is 0.472 e. The van der Waals surface area contributed by atoms with Crippen molar-refractivity contribution in [1.82, 2.24) is 0 Å². The Hall–Kier alpha value is -4.63. The van der Waals surface area contributed by atoms with Crippen LogP contribution in [0.1, 0.15) is 296 Å². The average Bonchev–Trinajstić information content (AvgIpc) is 3.71. The lowest BCUT2D eigenvalue weighted by Crippen LogP contribution is -2.29. The zero-order chi connectivity index (χ0) is 65.8. The molecule has 0 aliphatic carbocycles. The van der Waals surface area contributed by atoms with Gasteiger partial charge in [-0.25, -0.2) is 4.57 Å². The lowest BCUT2D eigenvalue weighted by molar-refractivity contribution is -0.161. The Morgan fingerprint density at radius 1 is 0.330 bits per heavy atom. The fraction of sp³-hybridized carbons (Fsp3) is 0.630. The molecule has 0 aromatic rings. The molecular formula is C81H134NO8P. The van der Waals surface area contributed by atoms with Crippen LogP contribution in [0.3, 0.4) is 0 Å². The number of rotatable bonds is 67. The predicted molar refractivity (Wildman–Crippen MR) is 394 cm³/mol. The summed E-state index contributed by atoms with van der Waals surface area (Å²) in [4.78, 5) is 35.4. The van der Waals surface area contributed by atoms with E-state index in [2.05, 4.69) is 184 Å². The van der Waals surface area contributed by atoms with Crippen molar-refractivity contribution in [1.29, 1.82) is 0 Å². The van der Waals surface area contributed by atoms with E-state index in [4.69, 9.17) is 24.3 Å². The Labute approximate surface area is 559 Å². The fourth-order valence-electron chi connectivity index (χ4n) is 9.78. The van der Waals surface area contributed by atoms with Crippen LogP contribution in [-0.4, -0.2) is 49.3 Å². The number of carbonyl (C=O) groups excluding carboxylic acids is 2. The van der Waals surface area contributed by atoms with Crippen molar-refractivity contribution >= 4 is 19.8 Å². The predicted octanol–water partition coefficient (Wildman–Crippen LogP) is 24.5. The van der Waals surface area contributed by atoms with E-state index < -0.39 is 26.5 Å². The molecule has 0 spiro atoms. The number of hydrogen-bond donors (Lipinski definition) is 2. The smallest absolute Gasteiger partial charge is 0.462 e. The number of hydrogen-bond acceptors (Lipinski definition) is 8. The van der Waals surface area contributed by atoms with E-state index in [1.165, 1.54) is 122 Å². The van der Waals surface area contributed by atoms with Crippen LogP contribution in [0.5, 0.6) is 0 Å². The lowest BCUT2D eigenvalue weighted by Gasteiger charge is -2.19. The van der Waals surface area contributed by atoms with Gasteiger partial charge in [0.15, 0.2) is 6.10 Å². The van der Waals surface area contributed by atoms with Gasteiger partial charge in [0, 0.05) is 19.4 Å². The van der Waals surface area contributed by atoms with Gasteiger partial charge in [-0.15, -0.1) is 0 Å². The van der Waals surface area contributed by atoms with Crippen LogP contribution in [0.2, 0.25) is 0 Å². The minimum atomic E-state index is -4.41. The fourth-order valence-corrected chi connectivity index (χ4v) is 10.5. The van der Waals surface area contributed by atoms with Gasteiger partial charge in [0.2, 0.25) is 0 Å². The van der Waals surface area contributed by atoms with Crippen LogP contribution in [0.15, 0.2) is 170 Å². The molecule has 0 fully saturated rings. The topological polar surface area (TPSA) is 134 Å². The maximum Gasteiger partial charge on any atom is 0.472 e. The Bertz CT molecular complexity index is 2100. The summed E-state index contributed by atoms with van der Waals surface area (Å²) < 4.78 is 33.2. The van der Waals surface area contributed by atoms with Crippen LogP contribution in [0.4, 0.5) is 0 Å². The Morgan fingerprint density at radius 3 is 0.846 bits per heavy atom. The number of nitrogens with two attached hydrogens (primary N) is 1. The molecule has 0 rings (SSSR count). The molecule has 0 aliphatic heterocycles. The SMILES string of the molecule is CC/C=C\C/C=C\C/C=C\C/C=C\C/C=C\C/C=C\C/C=C\CCCCCCCCCCCCCCCCCCCC(=O)OC(COC(=O)CCCCCCCCCCC/C=C\C/C=C\C/C=C\C/C=C\C/C=C\C/C=C\C/C=C\CC)COP(=O)(O)OCCN. The van der Waals surface area contributed by atoms with Gasteiger partial charge in [0.05, 0.1) is 13.2 Å². The van der Waals surface area contributed by atoms with Crippen molar-refractivity contribution in [2.24, 2.45) is 5.73 Å². The zero-order valence-corrected chi connectivity index (χ0v) is 58.9. The molecule has 0 saturated carbocycles. The number of carbonyl (C=O) groups is 2. The van der Waals surface area contributed by atoms with E-state index in [1.807, 2.05) is 0 Å². The van der Waals surface area contributed by atoms with Crippen LogP contribution in [-0.2, 0) is 32.7 Å². The van der Waals surface area contributed by atoms with Crippen molar-refractivity contribution < 1.29 is 37.6 Å². The summed E-state index contributed by atoms with van der Waals surface area (Å²) in [6.07, 6.45) is 110. The molecule has 0 aromatic heterocycles. The summed E-state index contributed by atoms with van der Waals surface area (Å²) in [5.74, 6) is -0.836. The molecule has 2 atom stereocenters.